The van der Waals surface area contributed by atoms with Crippen molar-refractivity contribution in [3.05, 3.63) is 60.2 Å². The van der Waals surface area contributed by atoms with Crippen molar-refractivity contribution in [2.45, 2.75) is 13.1 Å². The number of aromatic nitrogens is 2. The van der Waals surface area contributed by atoms with Gasteiger partial charge in [0.2, 0.25) is 0 Å². The zero-order valence-corrected chi connectivity index (χ0v) is 18.1. The molecule has 1 fully saturated rings. The first-order valence-electron chi connectivity index (χ1n) is 10.3. The first kappa shape index (κ1) is 19.8. The molecule has 5 rings (SSSR count). The number of furan rings is 1. The number of benzene rings is 1. The number of nitrogens with zero attached hydrogens (tertiary/aromatic N) is 5. The normalized spacial score (nSPS) is 15.6. The maximum atomic E-state index is 6.05. The molecule has 8 nitrogen and oxygen atoms in total. The van der Waals surface area contributed by atoms with Gasteiger partial charge in [0.25, 0.3) is 0 Å². The minimum atomic E-state index is 0.580. The van der Waals surface area contributed by atoms with Gasteiger partial charge in [-0.15, -0.1) is 11.3 Å². The monoisotopic (exact) mass is 436 g/mol. The van der Waals surface area contributed by atoms with Crippen LogP contribution in [0, 0.1) is 0 Å². The van der Waals surface area contributed by atoms with Crippen LogP contribution in [0.1, 0.15) is 11.5 Å². The molecule has 4 aromatic rings. The molecule has 0 saturated carbocycles. The Balaban J connectivity index is 1.16. The summed E-state index contributed by atoms with van der Waals surface area (Å²) in [5.41, 5.74) is 1.97. The predicted molar refractivity (Wildman–Crippen MR) is 121 cm³/mol. The summed E-state index contributed by atoms with van der Waals surface area (Å²) in [5.74, 6) is 2.55. The SMILES string of the molecule is CN=C(NCc1ccc(-c2nc3ccccc3s2)o1)N1CCN(Cc2ccon2)CC1. The van der Waals surface area contributed by atoms with E-state index in [9.17, 15) is 0 Å². The van der Waals surface area contributed by atoms with E-state index < -0.39 is 0 Å². The van der Waals surface area contributed by atoms with Gasteiger partial charge in [0.1, 0.15) is 12.0 Å². The van der Waals surface area contributed by atoms with Gasteiger partial charge in [-0.1, -0.05) is 17.3 Å². The van der Waals surface area contributed by atoms with Crippen molar-refractivity contribution in [2.24, 2.45) is 4.99 Å². The van der Waals surface area contributed by atoms with Gasteiger partial charge in [-0.05, 0) is 24.3 Å². The van der Waals surface area contributed by atoms with Gasteiger partial charge in [0, 0.05) is 45.8 Å². The van der Waals surface area contributed by atoms with Crippen LogP contribution in [0.5, 0.6) is 0 Å². The molecule has 0 radical (unpaired) electrons. The van der Waals surface area contributed by atoms with Crippen LogP contribution in [0.25, 0.3) is 21.0 Å². The number of thiazole rings is 1. The van der Waals surface area contributed by atoms with E-state index in [1.165, 1.54) is 0 Å². The number of fused-ring (bicyclic) bond motifs is 1. The van der Waals surface area contributed by atoms with E-state index >= 15 is 0 Å². The van der Waals surface area contributed by atoms with Crippen molar-refractivity contribution in [2.75, 3.05) is 33.2 Å². The Kier molecular flexibility index (Phi) is 5.68. The van der Waals surface area contributed by atoms with Gasteiger partial charge in [0.05, 0.1) is 22.5 Å². The van der Waals surface area contributed by atoms with E-state index in [0.29, 0.717) is 6.54 Å². The Hall–Kier alpha value is -3.17. The van der Waals surface area contributed by atoms with E-state index in [1.54, 1.807) is 17.6 Å². The fourth-order valence-corrected chi connectivity index (χ4v) is 4.66. The van der Waals surface area contributed by atoms with Gasteiger partial charge in [0.15, 0.2) is 16.7 Å². The van der Waals surface area contributed by atoms with Crippen molar-refractivity contribution >= 4 is 27.5 Å². The molecule has 4 heterocycles. The highest BCUT2D eigenvalue weighted by Crippen LogP contribution is 2.31. The molecule has 0 spiro atoms. The van der Waals surface area contributed by atoms with Crippen molar-refractivity contribution in [3.63, 3.8) is 0 Å². The summed E-state index contributed by atoms with van der Waals surface area (Å²) >= 11 is 1.64. The molecule has 1 aliphatic heterocycles. The molecule has 1 saturated heterocycles. The van der Waals surface area contributed by atoms with Crippen LogP contribution in [0.4, 0.5) is 0 Å². The topological polar surface area (TPSA) is 82.9 Å². The second-order valence-corrected chi connectivity index (χ2v) is 8.44. The first-order chi connectivity index (χ1) is 15.3. The second kappa shape index (κ2) is 8.91. The van der Waals surface area contributed by atoms with E-state index in [2.05, 4.69) is 36.3 Å². The lowest BCUT2D eigenvalue weighted by Crippen LogP contribution is -2.52. The lowest BCUT2D eigenvalue weighted by molar-refractivity contribution is 0.169. The molecule has 31 heavy (non-hydrogen) atoms. The minimum absolute atomic E-state index is 0.580. The molecule has 160 valence electrons. The number of rotatable bonds is 5. The number of aliphatic imine (C=N–C) groups is 1. The Bertz CT molecular complexity index is 1120. The number of guanidine groups is 1. The quantitative estimate of drug-likeness (QED) is 0.379. The van der Waals surface area contributed by atoms with Crippen molar-refractivity contribution in [1.29, 1.82) is 0 Å². The molecule has 3 aromatic heterocycles. The number of piperazine rings is 1. The van der Waals surface area contributed by atoms with Crippen molar-refractivity contribution in [1.82, 2.24) is 25.3 Å². The third-order valence-electron chi connectivity index (χ3n) is 5.35. The molecule has 1 aliphatic rings. The van der Waals surface area contributed by atoms with Gasteiger partial charge in [-0.2, -0.15) is 0 Å². The summed E-state index contributed by atoms with van der Waals surface area (Å²) in [6.45, 7) is 5.12. The van der Waals surface area contributed by atoms with Gasteiger partial charge >= 0.3 is 0 Å². The highest BCUT2D eigenvalue weighted by molar-refractivity contribution is 7.21. The molecule has 0 amide bonds. The third kappa shape index (κ3) is 4.47. The van der Waals surface area contributed by atoms with Crippen LogP contribution in [-0.2, 0) is 13.1 Å². The Labute approximate surface area is 184 Å². The average Bonchev–Trinajstić information content (AvgIpc) is 3.56. The number of hydrogen-bond donors (Lipinski definition) is 1. The summed E-state index contributed by atoms with van der Waals surface area (Å²) in [7, 11) is 1.82. The van der Waals surface area contributed by atoms with Crippen LogP contribution >= 0.6 is 11.3 Å². The molecule has 9 heteroatoms. The molecule has 0 atom stereocenters. The third-order valence-corrected chi connectivity index (χ3v) is 6.40. The van der Waals surface area contributed by atoms with Gasteiger partial charge in [-0.3, -0.25) is 9.89 Å². The zero-order chi connectivity index (χ0) is 21.0. The fourth-order valence-electron chi connectivity index (χ4n) is 3.73. The van der Waals surface area contributed by atoms with E-state index in [4.69, 9.17) is 8.94 Å². The summed E-state index contributed by atoms with van der Waals surface area (Å²) in [4.78, 5) is 13.8. The zero-order valence-electron chi connectivity index (χ0n) is 17.3. The minimum Gasteiger partial charge on any atom is -0.457 e. The molecule has 0 bridgehead atoms. The Morgan fingerprint density at radius 2 is 2.00 bits per heavy atom. The Morgan fingerprint density at radius 1 is 1.13 bits per heavy atom. The summed E-state index contributed by atoms with van der Waals surface area (Å²) in [5, 5.41) is 8.33. The average molecular weight is 437 g/mol. The lowest BCUT2D eigenvalue weighted by Gasteiger charge is -2.36. The molecular formula is C22H24N6O2S. The summed E-state index contributed by atoms with van der Waals surface area (Å²) in [6, 6.07) is 14.0. The fraction of sp³-hybridized carbons (Fsp3) is 0.318. The van der Waals surface area contributed by atoms with Crippen LogP contribution in [0.15, 0.2) is 62.7 Å². The van der Waals surface area contributed by atoms with Gasteiger partial charge in [-0.25, -0.2) is 4.98 Å². The molecular weight excluding hydrogens is 412 g/mol. The maximum absolute atomic E-state index is 6.05. The van der Waals surface area contributed by atoms with Crippen LogP contribution < -0.4 is 5.32 Å². The van der Waals surface area contributed by atoms with Crippen molar-refractivity contribution in [3.8, 4) is 10.8 Å². The molecule has 1 N–H and O–H groups in total. The molecule has 0 unspecified atom stereocenters. The van der Waals surface area contributed by atoms with Crippen LogP contribution in [0.2, 0.25) is 0 Å². The van der Waals surface area contributed by atoms with Crippen LogP contribution in [0.3, 0.4) is 0 Å². The van der Waals surface area contributed by atoms with E-state index in [-0.39, 0.29) is 0 Å². The van der Waals surface area contributed by atoms with E-state index in [1.807, 2.05) is 43.4 Å². The van der Waals surface area contributed by atoms with Crippen molar-refractivity contribution < 1.29 is 8.94 Å². The Morgan fingerprint density at radius 3 is 2.77 bits per heavy atom. The molecule has 0 aliphatic carbocycles. The van der Waals surface area contributed by atoms with Gasteiger partial charge < -0.3 is 19.2 Å². The smallest absolute Gasteiger partial charge is 0.194 e. The van der Waals surface area contributed by atoms with E-state index in [0.717, 1.165) is 71.1 Å². The maximum Gasteiger partial charge on any atom is 0.194 e. The standard InChI is InChI=1S/C22H24N6O2S/c1-23-22(28-11-9-27(10-12-28)15-16-8-13-29-26-16)24-14-17-6-7-19(30-17)21-25-18-4-2-3-5-20(18)31-21/h2-8,13H,9-12,14-15H2,1H3,(H,23,24). The predicted octanol–water partition coefficient (Wildman–Crippen LogP) is 3.44. The lowest BCUT2D eigenvalue weighted by atomic mass is 10.3. The van der Waals surface area contributed by atoms with Crippen LogP contribution in [-0.4, -0.2) is 59.1 Å². The highest BCUT2D eigenvalue weighted by atomic mass is 32.1. The first-order valence-corrected chi connectivity index (χ1v) is 11.1. The largest absolute Gasteiger partial charge is 0.457 e. The molecule has 1 aromatic carbocycles. The second-order valence-electron chi connectivity index (χ2n) is 7.41. The summed E-state index contributed by atoms with van der Waals surface area (Å²) in [6.07, 6.45) is 1.62. The number of nitrogens with one attached hydrogen (secondary N) is 1. The number of hydrogen-bond acceptors (Lipinski definition) is 7. The number of para-hydroxylation sites is 1. The highest BCUT2D eigenvalue weighted by Gasteiger charge is 2.20. The summed E-state index contributed by atoms with van der Waals surface area (Å²) < 4.78 is 12.1.